The molecule has 0 saturated carbocycles. The first-order valence-corrected chi connectivity index (χ1v) is 24.3. The second kappa shape index (κ2) is 25.2. The van der Waals surface area contributed by atoms with E-state index < -0.39 is 136 Å². The molecule has 5 aliphatic rings. The number of benzene rings is 3. The highest BCUT2D eigenvalue weighted by atomic mass is 16.8. The highest BCUT2D eigenvalue weighted by molar-refractivity contribution is 5.87. The fraction of sp³-hybridized carbons (Fsp3) is 0.396. The van der Waals surface area contributed by atoms with E-state index in [0.717, 1.165) is 18.2 Å². The van der Waals surface area contributed by atoms with Crippen molar-refractivity contribution in [3.05, 3.63) is 131 Å². The highest BCUT2D eigenvalue weighted by Gasteiger charge is 2.53. The predicted molar refractivity (Wildman–Crippen MR) is 264 cm³/mol. The molecular weight excluding hydrogens is 1050 g/mol. The molecule has 0 amide bonds. The van der Waals surface area contributed by atoms with Crippen LogP contribution in [0.4, 0.5) is 0 Å². The summed E-state index contributed by atoms with van der Waals surface area (Å²) in [5, 5.41) is 139. The molecule has 26 heteroatoms. The van der Waals surface area contributed by atoms with Crippen molar-refractivity contribution in [1.82, 2.24) is 0 Å². The molecule has 3 fully saturated rings. The lowest BCUT2D eigenvalue weighted by Gasteiger charge is -2.46. The number of phenolic OH excluding ortho intramolecular Hbond substituents is 3. The van der Waals surface area contributed by atoms with Gasteiger partial charge in [0.15, 0.2) is 46.9 Å². The van der Waals surface area contributed by atoms with Gasteiger partial charge in [0.05, 0.1) is 20.8 Å². The smallest absolute Gasteiger partial charge is 0.330 e. The number of phenols is 3. The fourth-order valence-corrected chi connectivity index (χ4v) is 8.67. The molecule has 0 aromatic heterocycles. The maximum Gasteiger partial charge on any atom is 0.330 e. The summed E-state index contributed by atoms with van der Waals surface area (Å²) in [6, 6.07) is 13.9. The number of esters is 2. The number of allylic oxidation sites excluding steroid dienone is 2. The minimum Gasteiger partial charge on any atom is -0.508 e. The van der Waals surface area contributed by atoms with Gasteiger partial charge in [-0.05, 0) is 77.9 Å². The quantitative estimate of drug-likeness (QED) is 0.0544. The van der Waals surface area contributed by atoms with E-state index in [1.807, 2.05) is 0 Å². The Bertz CT molecular complexity index is 2840. The molecule has 26 nitrogen and oxygen atoms in total. The van der Waals surface area contributed by atoms with Gasteiger partial charge in [0.25, 0.3) is 0 Å². The molecule has 16 atom stereocenters. The van der Waals surface area contributed by atoms with Gasteiger partial charge in [0.1, 0.15) is 104 Å². The van der Waals surface area contributed by atoms with Gasteiger partial charge >= 0.3 is 11.9 Å². The van der Waals surface area contributed by atoms with Crippen LogP contribution in [0.15, 0.2) is 114 Å². The van der Waals surface area contributed by atoms with Gasteiger partial charge in [-0.1, -0.05) is 12.1 Å². The third-order valence-corrected chi connectivity index (χ3v) is 13.0. The Kier molecular flexibility index (Phi) is 18.5. The van der Waals surface area contributed by atoms with E-state index in [9.17, 15) is 76.0 Å². The van der Waals surface area contributed by atoms with Crippen LogP contribution in [0, 0.1) is 0 Å². The number of fused-ring (bicyclic) bond motifs is 1. The number of aromatic hydroxyl groups is 3. The van der Waals surface area contributed by atoms with E-state index in [1.54, 1.807) is 0 Å². The van der Waals surface area contributed by atoms with Crippen LogP contribution in [0.2, 0.25) is 0 Å². The summed E-state index contributed by atoms with van der Waals surface area (Å²) >= 11 is 0. The molecule has 3 aromatic rings. The highest BCUT2D eigenvalue weighted by Crippen LogP contribution is 2.41. The van der Waals surface area contributed by atoms with Crippen LogP contribution < -0.4 is 9.47 Å². The number of rotatable bonds is 18. The third kappa shape index (κ3) is 13.3. The minimum absolute atomic E-state index is 0.0165. The van der Waals surface area contributed by atoms with Crippen molar-refractivity contribution in [2.45, 2.75) is 98.2 Å². The Morgan fingerprint density at radius 1 is 0.582 bits per heavy atom. The maximum atomic E-state index is 13.1. The van der Waals surface area contributed by atoms with Crippen molar-refractivity contribution in [1.29, 1.82) is 0 Å². The number of carbonyl (C=O) groups excluding carboxylic acids is 2. The van der Waals surface area contributed by atoms with E-state index in [-0.39, 0.29) is 57.2 Å². The van der Waals surface area contributed by atoms with Crippen molar-refractivity contribution in [2.75, 3.05) is 34.0 Å². The molecule has 4 aliphatic heterocycles. The summed E-state index contributed by atoms with van der Waals surface area (Å²) in [5.41, 5.74) is 1.07. The number of hydrogen-bond acceptors (Lipinski definition) is 26. The van der Waals surface area contributed by atoms with Crippen molar-refractivity contribution in [3.63, 3.8) is 0 Å². The molecule has 1 aliphatic carbocycles. The molecule has 4 heterocycles. The van der Waals surface area contributed by atoms with Crippen molar-refractivity contribution in [3.8, 4) is 28.7 Å². The van der Waals surface area contributed by atoms with Gasteiger partial charge in [-0.25, -0.2) is 9.59 Å². The van der Waals surface area contributed by atoms with Crippen LogP contribution in [0.3, 0.4) is 0 Å². The number of aliphatic hydroxyl groups excluding tert-OH is 10. The Balaban J connectivity index is 1.09. The van der Waals surface area contributed by atoms with Crippen molar-refractivity contribution >= 4 is 29.8 Å². The molecule has 0 spiro atoms. The lowest BCUT2D eigenvalue weighted by molar-refractivity contribution is -0.363. The van der Waals surface area contributed by atoms with Crippen LogP contribution in [0.1, 0.15) is 16.7 Å². The monoisotopic (exact) mass is 1110 g/mol. The largest absolute Gasteiger partial charge is 0.508 e. The first-order valence-electron chi connectivity index (χ1n) is 24.3. The zero-order chi connectivity index (χ0) is 56.8. The molecule has 3 aromatic carbocycles. The van der Waals surface area contributed by atoms with Crippen LogP contribution in [-0.4, -0.2) is 211 Å². The van der Waals surface area contributed by atoms with Gasteiger partial charge in [-0.2, -0.15) is 0 Å². The van der Waals surface area contributed by atoms with E-state index in [4.69, 9.17) is 52.1 Å². The van der Waals surface area contributed by atoms with Gasteiger partial charge in [-0.15, -0.1) is 0 Å². The first-order chi connectivity index (χ1) is 37.8. The van der Waals surface area contributed by atoms with Crippen LogP contribution >= 0.6 is 0 Å². The van der Waals surface area contributed by atoms with Crippen LogP contribution in [0.25, 0.3) is 17.9 Å². The number of carbonyl (C=O) groups is 2. The number of hydrogen-bond donors (Lipinski definition) is 13. The van der Waals surface area contributed by atoms with Gasteiger partial charge < -0.3 is 118 Å². The van der Waals surface area contributed by atoms with Crippen LogP contribution in [0.5, 0.6) is 28.7 Å². The molecule has 426 valence electrons. The zero-order valence-electron chi connectivity index (χ0n) is 41.8. The van der Waals surface area contributed by atoms with Crippen LogP contribution in [-0.2, 0) is 52.2 Å². The van der Waals surface area contributed by atoms with E-state index >= 15 is 0 Å². The average molecular weight is 1110 g/mol. The second-order valence-corrected chi connectivity index (χ2v) is 18.3. The molecule has 3 saturated heterocycles. The summed E-state index contributed by atoms with van der Waals surface area (Å²) in [5.74, 6) is -3.32. The van der Waals surface area contributed by atoms with Gasteiger partial charge in [0.2, 0.25) is 12.6 Å². The second-order valence-electron chi connectivity index (χ2n) is 18.3. The number of aliphatic hydroxyl groups is 10. The first kappa shape index (κ1) is 57.9. The lowest BCUT2D eigenvalue weighted by Crippen LogP contribution is -2.64. The summed E-state index contributed by atoms with van der Waals surface area (Å²) in [7, 11) is 2.66. The summed E-state index contributed by atoms with van der Waals surface area (Å²) in [6.07, 6.45) is -21.1. The average Bonchev–Trinajstić information content (AvgIpc) is 3.47. The van der Waals surface area contributed by atoms with E-state index in [0.29, 0.717) is 11.1 Å². The standard InChI is InChI=1S/C53H58O26/c1-69-33-15-23(3-11-29(33)57)5-13-39(59)71-21-37-42(62)45(65)48(68)52(77-37)79-50-46(66)43(63)38(22-72-40(60)14-6-24-4-12-30(58)34(16-24)70-2)78-53(50)75-35-19-28-31(73-49(35)25-7-9-26(55)10-8-25)17-27(56)18-32(28)74-51-47(67)44(64)41(61)36(20-54)76-51/h3-19,31,36-38,41-48,50-58,61-68H,20-22H2,1-2H3/b13-5+,14-6+/t31?,36-,37-,38-,41-,42-,43-,44+,45+,46+,47-,48-,50-,51-,52+,53-/m1/s1. The maximum absolute atomic E-state index is 13.1. The van der Waals surface area contributed by atoms with Crippen molar-refractivity contribution < 1.29 is 128 Å². The fourth-order valence-electron chi connectivity index (χ4n) is 8.67. The zero-order valence-corrected chi connectivity index (χ0v) is 41.8. The Morgan fingerprint density at radius 3 is 1.66 bits per heavy atom. The Morgan fingerprint density at radius 2 is 1.10 bits per heavy atom. The summed E-state index contributed by atoms with van der Waals surface area (Å²) in [6.45, 7) is -2.32. The lowest BCUT2D eigenvalue weighted by atomic mass is 9.96. The topological polar surface area (TPSA) is 399 Å². The number of methoxy groups -OCH3 is 2. The molecule has 8 rings (SSSR count). The van der Waals surface area contributed by atoms with Gasteiger partial charge in [0, 0.05) is 35.4 Å². The number of ether oxygens (including phenoxy) is 11. The predicted octanol–water partition coefficient (Wildman–Crippen LogP) is -0.860. The Hall–Kier alpha value is -7.28. The summed E-state index contributed by atoms with van der Waals surface area (Å²) in [4.78, 5) is 25.9. The van der Waals surface area contributed by atoms with Gasteiger partial charge in [-0.3, -0.25) is 0 Å². The third-order valence-electron chi connectivity index (χ3n) is 13.0. The molecule has 0 bridgehead atoms. The molecular formula is C53H58O26. The minimum atomic E-state index is -2.12. The molecule has 13 N–H and O–H groups in total. The normalized spacial score (nSPS) is 31.8. The summed E-state index contributed by atoms with van der Waals surface area (Å²) < 4.78 is 63.3. The van der Waals surface area contributed by atoms with Crippen molar-refractivity contribution in [2.24, 2.45) is 0 Å². The van der Waals surface area contributed by atoms with E-state index in [1.165, 1.54) is 99.2 Å². The molecule has 79 heavy (non-hydrogen) atoms. The SMILES string of the molecule is COc1cc(/C=C/C(=O)OC[C@H]2O[C@@H](O[C@H]3[C@H](OC4=C(c5ccc(O)cc5)OC5C=C(O)C=C(O[C@@H]6O[C@H](CO)[C@@H](O)[C@H](O)[C@H]6O)C5=C4)O[C@H](COC(=O)/C=C/c4ccc(O)c(OC)c4)[C@@H](O)[C@@H]3O)[C@H](O)[C@@H](O)[C@@H]2O)ccc1O. The Labute approximate surface area is 448 Å². The van der Waals surface area contributed by atoms with E-state index in [2.05, 4.69) is 0 Å². The molecule has 1 unspecified atom stereocenters. The molecule has 0 radical (unpaired) electrons.